The molecule has 1 saturated heterocycles. The highest BCUT2D eigenvalue weighted by Crippen LogP contribution is 2.46. The maximum atomic E-state index is 12.4. The zero-order valence-electron chi connectivity index (χ0n) is 23.3. The Hall–Kier alpha value is -0.820. The van der Waals surface area contributed by atoms with Crippen molar-refractivity contribution in [2.24, 2.45) is 0 Å². The van der Waals surface area contributed by atoms with Gasteiger partial charge in [0, 0.05) is 25.3 Å². The highest BCUT2D eigenvalue weighted by molar-refractivity contribution is 7.47. The fraction of sp³-hybridized carbons (Fsp3) is 0.828. The van der Waals surface area contributed by atoms with Crippen molar-refractivity contribution in [2.45, 2.75) is 128 Å². The predicted octanol–water partition coefficient (Wildman–Crippen LogP) is 7.15. The topological polar surface area (TPSA) is 78.1 Å². The Labute approximate surface area is 225 Å². The maximum absolute atomic E-state index is 12.4. The largest absolute Gasteiger partial charge is 0.472 e. The van der Waals surface area contributed by atoms with Crippen LogP contribution in [0, 0.1) is 0 Å². The smallest absolute Gasteiger partial charge is 0.379 e. The summed E-state index contributed by atoms with van der Waals surface area (Å²) >= 11 is 0. The van der Waals surface area contributed by atoms with E-state index in [4.69, 9.17) is 18.5 Å². The van der Waals surface area contributed by atoms with Gasteiger partial charge in [0.05, 0.1) is 12.7 Å². The molecular weight excluding hydrogens is 489 g/mol. The summed E-state index contributed by atoms with van der Waals surface area (Å²) in [5.74, 6) is 0. The predicted molar refractivity (Wildman–Crippen MR) is 147 cm³/mol. The number of rotatable bonds is 23. The molecule has 0 radical (unpaired) electrons. The molecule has 1 aliphatic heterocycles. The van der Waals surface area contributed by atoms with Crippen molar-refractivity contribution < 1.29 is 32.5 Å². The van der Waals surface area contributed by atoms with Crippen LogP contribution in [0.15, 0.2) is 30.6 Å². The summed E-state index contributed by atoms with van der Waals surface area (Å²) in [5.41, 5.74) is 0. The summed E-state index contributed by atoms with van der Waals surface area (Å²) in [4.78, 5) is 10.2. The molecule has 0 bridgehead atoms. The number of pyridine rings is 1. The van der Waals surface area contributed by atoms with E-state index in [2.05, 4.69) is 6.92 Å². The zero-order chi connectivity index (χ0) is 26.4. The lowest BCUT2D eigenvalue weighted by Crippen LogP contribution is -2.39. The van der Waals surface area contributed by atoms with Crippen LogP contribution < -0.4 is 4.57 Å². The van der Waals surface area contributed by atoms with E-state index < -0.39 is 13.9 Å². The van der Waals surface area contributed by atoms with Crippen LogP contribution in [0.2, 0.25) is 0 Å². The van der Waals surface area contributed by atoms with Gasteiger partial charge < -0.3 is 14.4 Å². The van der Waals surface area contributed by atoms with Crippen LogP contribution in [0.3, 0.4) is 0 Å². The summed E-state index contributed by atoms with van der Waals surface area (Å²) in [6, 6.07) is 5.72. The first kappa shape index (κ1) is 32.4. The number of hydrogen-bond donors (Lipinski definition) is 1. The molecule has 0 amide bonds. The van der Waals surface area contributed by atoms with Gasteiger partial charge in [-0.15, -0.1) is 0 Å². The SMILES string of the molecule is CCCCCCCCCCCCCCCCOC[C@@H]1OCCC[C@H]1OP(=O)(O)OCC[n+]1ccccc1. The maximum Gasteiger partial charge on any atom is 0.472 e. The average molecular weight is 543 g/mol. The number of nitrogens with zero attached hydrogens (tertiary/aromatic N) is 1. The second kappa shape index (κ2) is 21.1. The normalized spacial score (nSPS) is 19.6. The van der Waals surface area contributed by atoms with Crippen molar-refractivity contribution in [3.05, 3.63) is 30.6 Å². The summed E-state index contributed by atoms with van der Waals surface area (Å²) < 4.78 is 36.6. The molecule has 0 spiro atoms. The molecule has 214 valence electrons. The molecule has 0 saturated carbocycles. The van der Waals surface area contributed by atoms with Gasteiger partial charge in [0.25, 0.3) is 0 Å². The molecule has 0 aromatic carbocycles. The number of hydrogen-bond acceptors (Lipinski definition) is 5. The molecule has 1 aromatic rings. The summed E-state index contributed by atoms with van der Waals surface area (Å²) in [6.07, 6.45) is 23.1. The van der Waals surface area contributed by atoms with E-state index in [1.165, 1.54) is 83.5 Å². The second-order valence-electron chi connectivity index (χ2n) is 10.3. The van der Waals surface area contributed by atoms with Crippen molar-refractivity contribution >= 4 is 7.82 Å². The van der Waals surface area contributed by atoms with Crippen molar-refractivity contribution in [1.82, 2.24) is 0 Å². The van der Waals surface area contributed by atoms with E-state index in [1.54, 1.807) is 0 Å². The molecular formula is C29H53NO6P+. The van der Waals surface area contributed by atoms with Crippen LogP contribution in [-0.2, 0) is 29.6 Å². The van der Waals surface area contributed by atoms with E-state index >= 15 is 0 Å². The lowest BCUT2D eigenvalue weighted by molar-refractivity contribution is -0.697. The quantitative estimate of drug-likeness (QED) is 0.0899. The highest BCUT2D eigenvalue weighted by Gasteiger charge is 2.34. The summed E-state index contributed by atoms with van der Waals surface area (Å²) in [7, 11) is -4.16. The van der Waals surface area contributed by atoms with Gasteiger partial charge in [0.15, 0.2) is 18.9 Å². The molecule has 0 aliphatic carbocycles. The first-order chi connectivity index (χ1) is 18.1. The van der Waals surface area contributed by atoms with Crippen LogP contribution in [0.5, 0.6) is 0 Å². The third-order valence-corrected chi connectivity index (χ3v) is 8.00. The van der Waals surface area contributed by atoms with E-state index in [9.17, 15) is 9.46 Å². The molecule has 37 heavy (non-hydrogen) atoms. The zero-order valence-corrected chi connectivity index (χ0v) is 24.2. The molecule has 7 nitrogen and oxygen atoms in total. The minimum atomic E-state index is -4.16. The second-order valence-corrected chi connectivity index (χ2v) is 11.7. The van der Waals surface area contributed by atoms with Gasteiger partial charge in [-0.3, -0.25) is 9.05 Å². The average Bonchev–Trinajstić information content (AvgIpc) is 2.89. The van der Waals surface area contributed by atoms with Crippen molar-refractivity contribution in [1.29, 1.82) is 0 Å². The molecule has 1 aliphatic rings. The summed E-state index contributed by atoms with van der Waals surface area (Å²) in [5, 5.41) is 0. The number of ether oxygens (including phenoxy) is 2. The van der Waals surface area contributed by atoms with Gasteiger partial charge in [0.1, 0.15) is 12.7 Å². The minimum absolute atomic E-state index is 0.0936. The van der Waals surface area contributed by atoms with Gasteiger partial charge in [-0.05, 0) is 19.3 Å². The van der Waals surface area contributed by atoms with Gasteiger partial charge in [0.2, 0.25) is 0 Å². The fourth-order valence-corrected chi connectivity index (χ4v) is 5.69. The standard InChI is InChI=1S/C29H52NO6P/c1-2-3-4-5-6-7-8-9-10-11-12-13-14-18-24-33-27-29-28(20-19-25-34-29)36-37(31,32)35-26-23-30-21-16-15-17-22-30/h15-17,21-22,28-29H,2-14,18-20,23-27H2,1H3/p+1/t28-,29+/m1/s1. The monoisotopic (exact) mass is 542 g/mol. The van der Waals surface area contributed by atoms with E-state index in [0.717, 1.165) is 12.8 Å². The lowest BCUT2D eigenvalue weighted by atomic mass is 10.0. The van der Waals surface area contributed by atoms with Crippen LogP contribution >= 0.6 is 7.82 Å². The van der Waals surface area contributed by atoms with E-state index in [1.807, 2.05) is 35.2 Å². The first-order valence-corrected chi connectivity index (χ1v) is 16.4. The van der Waals surface area contributed by atoms with Crippen LogP contribution in [-0.4, -0.2) is 43.5 Å². The van der Waals surface area contributed by atoms with Crippen molar-refractivity contribution in [3.8, 4) is 0 Å². The third-order valence-electron chi connectivity index (χ3n) is 6.95. The Bertz CT molecular complexity index is 707. The van der Waals surface area contributed by atoms with Crippen LogP contribution in [0.1, 0.15) is 110 Å². The lowest BCUT2D eigenvalue weighted by Gasteiger charge is -2.32. The minimum Gasteiger partial charge on any atom is -0.379 e. The van der Waals surface area contributed by atoms with Crippen LogP contribution in [0.25, 0.3) is 0 Å². The molecule has 2 rings (SSSR count). The Morgan fingerprint density at radius 1 is 0.865 bits per heavy atom. The molecule has 1 fully saturated rings. The van der Waals surface area contributed by atoms with Gasteiger partial charge in [-0.25, -0.2) is 9.13 Å². The Morgan fingerprint density at radius 2 is 1.46 bits per heavy atom. The molecule has 2 heterocycles. The molecule has 3 atom stereocenters. The van der Waals surface area contributed by atoms with Gasteiger partial charge in [-0.2, -0.15) is 0 Å². The molecule has 1 aromatic heterocycles. The Balaban J connectivity index is 1.46. The molecule has 8 heteroatoms. The van der Waals surface area contributed by atoms with E-state index in [0.29, 0.717) is 32.8 Å². The highest BCUT2D eigenvalue weighted by atomic mass is 31.2. The first-order valence-electron chi connectivity index (χ1n) is 14.9. The third kappa shape index (κ3) is 16.7. The molecule has 1 unspecified atom stereocenters. The number of aromatic nitrogens is 1. The fourth-order valence-electron chi connectivity index (χ4n) is 4.73. The number of phosphoric ester groups is 1. The molecule has 1 N–H and O–H groups in total. The summed E-state index contributed by atoms with van der Waals surface area (Å²) in [6.45, 7) is 4.52. The number of phosphoric acid groups is 1. The van der Waals surface area contributed by atoms with Crippen molar-refractivity contribution in [3.63, 3.8) is 0 Å². The van der Waals surface area contributed by atoms with Crippen molar-refractivity contribution in [2.75, 3.05) is 26.4 Å². The van der Waals surface area contributed by atoms with E-state index in [-0.39, 0.29) is 12.7 Å². The Kier molecular flexibility index (Phi) is 18.4. The number of unbranched alkanes of at least 4 members (excludes halogenated alkanes) is 13. The van der Waals surface area contributed by atoms with Crippen LogP contribution in [0.4, 0.5) is 0 Å². The van der Waals surface area contributed by atoms with Gasteiger partial charge >= 0.3 is 7.82 Å². The Morgan fingerprint density at radius 3 is 2.08 bits per heavy atom. The van der Waals surface area contributed by atoms with Gasteiger partial charge in [-0.1, -0.05) is 96.5 Å².